The SMILES string of the molecule is O=C(Nc1ccc(F)c(Cl)c1)c1ccnc(C(=O)NCc2ccccc2)c1. The van der Waals surface area contributed by atoms with Gasteiger partial charge in [-0.2, -0.15) is 0 Å². The number of carbonyl (C=O) groups excluding carboxylic acids is 2. The molecule has 0 spiro atoms. The van der Waals surface area contributed by atoms with Gasteiger partial charge in [0, 0.05) is 24.0 Å². The Kier molecular flexibility index (Phi) is 5.78. The molecule has 1 heterocycles. The first-order chi connectivity index (χ1) is 13.0. The van der Waals surface area contributed by atoms with E-state index in [9.17, 15) is 14.0 Å². The third kappa shape index (κ3) is 4.89. The zero-order chi connectivity index (χ0) is 19.2. The number of carbonyl (C=O) groups is 2. The molecule has 1 aromatic heterocycles. The molecule has 0 atom stereocenters. The zero-order valence-electron chi connectivity index (χ0n) is 14.1. The van der Waals surface area contributed by atoms with Crippen LogP contribution in [-0.2, 0) is 6.54 Å². The van der Waals surface area contributed by atoms with Gasteiger partial charge < -0.3 is 10.6 Å². The van der Waals surface area contributed by atoms with E-state index >= 15 is 0 Å². The van der Waals surface area contributed by atoms with Crippen LogP contribution in [-0.4, -0.2) is 16.8 Å². The smallest absolute Gasteiger partial charge is 0.270 e. The minimum atomic E-state index is -0.573. The minimum Gasteiger partial charge on any atom is -0.347 e. The molecule has 3 rings (SSSR count). The zero-order valence-corrected chi connectivity index (χ0v) is 14.8. The number of nitrogens with one attached hydrogen (secondary N) is 2. The Bertz CT molecular complexity index is 980. The van der Waals surface area contributed by atoms with Crippen LogP contribution in [0.1, 0.15) is 26.4 Å². The fraction of sp³-hybridized carbons (Fsp3) is 0.0500. The van der Waals surface area contributed by atoms with Crippen molar-refractivity contribution in [3.8, 4) is 0 Å². The summed E-state index contributed by atoms with van der Waals surface area (Å²) < 4.78 is 13.2. The van der Waals surface area contributed by atoms with Gasteiger partial charge in [-0.1, -0.05) is 41.9 Å². The van der Waals surface area contributed by atoms with Crippen LogP contribution >= 0.6 is 11.6 Å². The summed E-state index contributed by atoms with van der Waals surface area (Å²) in [7, 11) is 0. The third-order valence-corrected chi connectivity index (χ3v) is 4.02. The molecule has 0 radical (unpaired) electrons. The maximum absolute atomic E-state index is 13.2. The van der Waals surface area contributed by atoms with Crippen LogP contribution in [0.5, 0.6) is 0 Å². The second-order valence-corrected chi connectivity index (χ2v) is 6.09. The molecule has 0 unspecified atom stereocenters. The van der Waals surface area contributed by atoms with Gasteiger partial charge in [-0.3, -0.25) is 14.6 Å². The Morgan fingerprint density at radius 3 is 2.52 bits per heavy atom. The van der Waals surface area contributed by atoms with Crippen molar-refractivity contribution >= 4 is 29.1 Å². The van der Waals surface area contributed by atoms with Gasteiger partial charge in [0.25, 0.3) is 11.8 Å². The lowest BCUT2D eigenvalue weighted by Crippen LogP contribution is -2.24. The van der Waals surface area contributed by atoms with E-state index < -0.39 is 17.6 Å². The lowest BCUT2D eigenvalue weighted by molar-refractivity contribution is 0.0946. The normalized spacial score (nSPS) is 10.3. The Hall–Kier alpha value is -3.25. The largest absolute Gasteiger partial charge is 0.347 e. The molecule has 0 saturated heterocycles. The van der Waals surface area contributed by atoms with Gasteiger partial charge >= 0.3 is 0 Å². The summed E-state index contributed by atoms with van der Waals surface area (Å²) in [6.45, 7) is 0.353. The van der Waals surface area contributed by atoms with Crippen molar-refractivity contribution in [1.82, 2.24) is 10.3 Å². The van der Waals surface area contributed by atoms with Gasteiger partial charge in [-0.25, -0.2) is 4.39 Å². The van der Waals surface area contributed by atoms with E-state index in [-0.39, 0.29) is 16.3 Å². The van der Waals surface area contributed by atoms with E-state index in [0.29, 0.717) is 12.2 Å². The Morgan fingerprint density at radius 1 is 1.00 bits per heavy atom. The quantitative estimate of drug-likeness (QED) is 0.698. The molecule has 2 N–H and O–H groups in total. The molecule has 3 aromatic rings. The second-order valence-electron chi connectivity index (χ2n) is 5.68. The number of anilines is 1. The second kappa shape index (κ2) is 8.42. The molecule has 0 aliphatic carbocycles. The van der Waals surface area contributed by atoms with Crippen molar-refractivity contribution in [1.29, 1.82) is 0 Å². The van der Waals surface area contributed by atoms with E-state index in [4.69, 9.17) is 11.6 Å². The molecule has 0 saturated carbocycles. The number of amides is 2. The molecule has 7 heteroatoms. The van der Waals surface area contributed by atoms with Crippen LogP contribution < -0.4 is 10.6 Å². The first-order valence-electron chi connectivity index (χ1n) is 8.07. The van der Waals surface area contributed by atoms with Gasteiger partial charge in [0.05, 0.1) is 5.02 Å². The van der Waals surface area contributed by atoms with Crippen LogP contribution in [0.25, 0.3) is 0 Å². The van der Waals surface area contributed by atoms with Crippen molar-refractivity contribution in [3.05, 3.63) is 94.5 Å². The molecule has 27 heavy (non-hydrogen) atoms. The highest BCUT2D eigenvalue weighted by atomic mass is 35.5. The number of pyridine rings is 1. The third-order valence-electron chi connectivity index (χ3n) is 3.73. The molecule has 136 valence electrons. The van der Waals surface area contributed by atoms with Gasteiger partial charge in [0.15, 0.2) is 0 Å². The lowest BCUT2D eigenvalue weighted by Gasteiger charge is -2.08. The molecule has 5 nitrogen and oxygen atoms in total. The van der Waals surface area contributed by atoms with E-state index in [0.717, 1.165) is 11.6 Å². The molecule has 0 aliphatic rings. The van der Waals surface area contributed by atoms with Gasteiger partial charge in [-0.15, -0.1) is 0 Å². The number of hydrogen-bond acceptors (Lipinski definition) is 3. The molecule has 0 fully saturated rings. The Balaban J connectivity index is 1.67. The lowest BCUT2D eigenvalue weighted by atomic mass is 10.2. The summed E-state index contributed by atoms with van der Waals surface area (Å²) in [6, 6.07) is 16.2. The highest BCUT2D eigenvalue weighted by molar-refractivity contribution is 6.31. The average Bonchev–Trinajstić information content (AvgIpc) is 2.70. The summed E-state index contributed by atoms with van der Waals surface area (Å²) in [5, 5.41) is 5.26. The van der Waals surface area contributed by atoms with Crippen LogP contribution in [0, 0.1) is 5.82 Å². The van der Waals surface area contributed by atoms with Crippen LogP contribution in [0.15, 0.2) is 66.9 Å². The fourth-order valence-electron chi connectivity index (χ4n) is 2.34. The van der Waals surface area contributed by atoms with Crippen molar-refractivity contribution in [3.63, 3.8) is 0 Å². The van der Waals surface area contributed by atoms with E-state index in [1.165, 1.54) is 30.5 Å². The van der Waals surface area contributed by atoms with Crippen molar-refractivity contribution in [2.45, 2.75) is 6.54 Å². The molecule has 0 aliphatic heterocycles. The molecular formula is C20H15ClFN3O2. The van der Waals surface area contributed by atoms with Crippen molar-refractivity contribution in [2.24, 2.45) is 0 Å². The predicted molar refractivity (Wildman–Crippen MR) is 101 cm³/mol. The highest BCUT2D eigenvalue weighted by Crippen LogP contribution is 2.20. The van der Waals surface area contributed by atoms with Crippen molar-refractivity contribution in [2.75, 3.05) is 5.32 Å². The number of aromatic nitrogens is 1. The van der Waals surface area contributed by atoms with E-state index in [1.807, 2.05) is 30.3 Å². The number of nitrogens with zero attached hydrogens (tertiary/aromatic N) is 1. The number of halogens is 2. The minimum absolute atomic E-state index is 0.0940. The number of hydrogen-bond donors (Lipinski definition) is 2. The summed E-state index contributed by atoms with van der Waals surface area (Å²) in [5.74, 6) is -1.42. The maximum Gasteiger partial charge on any atom is 0.270 e. The first kappa shape index (κ1) is 18.5. The van der Waals surface area contributed by atoms with Crippen molar-refractivity contribution < 1.29 is 14.0 Å². The summed E-state index contributed by atoms with van der Waals surface area (Å²) in [5.41, 5.74) is 1.66. The average molecular weight is 384 g/mol. The van der Waals surface area contributed by atoms with Gasteiger partial charge in [0.1, 0.15) is 11.5 Å². The van der Waals surface area contributed by atoms with Gasteiger partial charge in [0.2, 0.25) is 0 Å². The molecule has 2 amide bonds. The Labute approximate surface area is 160 Å². The molecule has 0 bridgehead atoms. The molecular weight excluding hydrogens is 369 g/mol. The monoisotopic (exact) mass is 383 g/mol. The fourth-order valence-corrected chi connectivity index (χ4v) is 2.52. The van der Waals surface area contributed by atoms with Crippen LogP contribution in [0.3, 0.4) is 0 Å². The number of rotatable bonds is 5. The predicted octanol–water partition coefficient (Wildman–Crippen LogP) is 4.06. The summed E-state index contributed by atoms with van der Waals surface area (Å²) >= 11 is 5.71. The van der Waals surface area contributed by atoms with E-state index in [2.05, 4.69) is 15.6 Å². The summed E-state index contributed by atoms with van der Waals surface area (Å²) in [6.07, 6.45) is 1.38. The molecule has 2 aromatic carbocycles. The first-order valence-corrected chi connectivity index (χ1v) is 8.45. The van der Waals surface area contributed by atoms with Gasteiger partial charge in [-0.05, 0) is 35.9 Å². The summed E-state index contributed by atoms with van der Waals surface area (Å²) in [4.78, 5) is 28.6. The Morgan fingerprint density at radius 2 is 1.78 bits per heavy atom. The maximum atomic E-state index is 13.2. The standard InChI is InChI=1S/C20H15ClFN3O2/c21-16-11-15(6-7-17(16)22)25-19(26)14-8-9-23-18(10-14)20(27)24-12-13-4-2-1-3-5-13/h1-11H,12H2,(H,24,27)(H,25,26). The van der Waals surface area contributed by atoms with Crippen LogP contribution in [0.4, 0.5) is 10.1 Å². The van der Waals surface area contributed by atoms with Crippen LogP contribution in [0.2, 0.25) is 5.02 Å². The van der Waals surface area contributed by atoms with E-state index in [1.54, 1.807) is 0 Å². The highest BCUT2D eigenvalue weighted by Gasteiger charge is 2.12. The number of benzene rings is 2. The topological polar surface area (TPSA) is 71.1 Å².